The van der Waals surface area contributed by atoms with Crippen LogP contribution in [0.4, 0.5) is 0 Å². The largest absolute Gasteiger partial charge is 0.712 e. The molecule has 0 spiro atoms. The SMILES string of the molecule is CCC(I)[Si](Oc1ccccc1)(Oc1ccccc1)Oc1ccccc1. The van der Waals surface area contributed by atoms with Gasteiger partial charge in [0.25, 0.3) is 0 Å². The molecule has 3 nitrogen and oxygen atoms in total. The normalized spacial score (nSPS) is 12.2. The summed E-state index contributed by atoms with van der Waals surface area (Å²) in [5.41, 5.74) is 0. The van der Waals surface area contributed by atoms with Gasteiger partial charge in [0.1, 0.15) is 20.8 Å². The van der Waals surface area contributed by atoms with Crippen LogP contribution in [0.1, 0.15) is 13.3 Å². The summed E-state index contributed by atoms with van der Waals surface area (Å²) in [5.74, 6) is 2.25. The van der Waals surface area contributed by atoms with Crippen LogP contribution in [0, 0.1) is 0 Å². The van der Waals surface area contributed by atoms with E-state index in [0.29, 0.717) is 0 Å². The van der Waals surface area contributed by atoms with Crippen LogP contribution in [-0.2, 0) is 0 Å². The lowest BCUT2D eigenvalue weighted by Gasteiger charge is -2.33. The van der Waals surface area contributed by atoms with Crippen LogP contribution in [-0.4, -0.2) is 12.4 Å². The van der Waals surface area contributed by atoms with Gasteiger partial charge in [0, 0.05) is 0 Å². The highest BCUT2D eigenvalue weighted by Gasteiger charge is 2.55. The number of halogens is 1. The summed E-state index contributed by atoms with van der Waals surface area (Å²) in [6, 6.07) is 29.2. The summed E-state index contributed by atoms with van der Waals surface area (Å²) in [6.07, 6.45) is 0.874. The molecule has 1 unspecified atom stereocenters. The Bertz CT molecular complexity index is 683. The quantitative estimate of drug-likeness (QED) is 0.230. The number of hydrogen-bond donors (Lipinski definition) is 0. The minimum atomic E-state index is -3.13. The fourth-order valence-electron chi connectivity index (χ4n) is 2.46. The van der Waals surface area contributed by atoms with Crippen molar-refractivity contribution in [2.75, 3.05) is 0 Å². The van der Waals surface area contributed by atoms with Gasteiger partial charge < -0.3 is 13.3 Å². The molecule has 0 aliphatic carbocycles. The minimum absolute atomic E-state index is 0.0840. The van der Waals surface area contributed by atoms with Gasteiger partial charge in [0.05, 0.1) is 0 Å². The van der Waals surface area contributed by atoms with Gasteiger partial charge in [-0.05, 0) is 42.8 Å². The lowest BCUT2D eigenvalue weighted by atomic mass is 10.3. The van der Waals surface area contributed by atoms with Crippen LogP contribution in [0.25, 0.3) is 0 Å². The molecule has 0 fully saturated rings. The van der Waals surface area contributed by atoms with Crippen molar-refractivity contribution in [1.29, 1.82) is 0 Å². The Kier molecular flexibility index (Phi) is 6.57. The monoisotopic (exact) mass is 476 g/mol. The van der Waals surface area contributed by atoms with E-state index in [4.69, 9.17) is 13.3 Å². The molecule has 0 aliphatic heterocycles. The van der Waals surface area contributed by atoms with Crippen molar-refractivity contribution in [3.05, 3.63) is 91.0 Å². The van der Waals surface area contributed by atoms with Crippen LogP contribution < -0.4 is 13.3 Å². The van der Waals surface area contributed by atoms with Crippen LogP contribution in [0.2, 0.25) is 0 Å². The fourth-order valence-corrected chi connectivity index (χ4v) is 6.01. The summed E-state index contributed by atoms with van der Waals surface area (Å²) in [4.78, 5) is 0. The molecule has 134 valence electrons. The molecular formula is C21H21IO3Si. The topological polar surface area (TPSA) is 27.7 Å². The number of rotatable bonds is 8. The molecule has 0 radical (unpaired) electrons. The Balaban J connectivity index is 2.00. The molecular weight excluding hydrogens is 455 g/mol. The average molecular weight is 476 g/mol. The summed E-state index contributed by atoms with van der Waals surface area (Å²) in [6.45, 7) is 2.12. The van der Waals surface area contributed by atoms with Gasteiger partial charge in [-0.1, -0.05) is 84.1 Å². The highest BCUT2D eigenvalue weighted by Crippen LogP contribution is 2.30. The summed E-state index contributed by atoms with van der Waals surface area (Å²) in [7, 11) is -3.13. The standard InChI is InChI=1S/C21H21IO3Si/c1-2-21(22)26(23-18-12-6-3-7-13-18,24-19-14-8-4-9-15-19)25-20-16-10-5-11-17-20/h3-17,21H,2H2,1H3. The molecule has 3 aromatic rings. The fraction of sp³-hybridized carbons (Fsp3) is 0.143. The maximum Gasteiger partial charge on any atom is 0.712 e. The van der Waals surface area contributed by atoms with Crippen LogP contribution in [0.5, 0.6) is 17.2 Å². The summed E-state index contributed by atoms with van der Waals surface area (Å²) < 4.78 is 19.4. The molecule has 0 aromatic heterocycles. The average Bonchev–Trinajstić information content (AvgIpc) is 2.69. The number of benzene rings is 3. The van der Waals surface area contributed by atoms with E-state index >= 15 is 0 Å². The van der Waals surface area contributed by atoms with Crippen LogP contribution >= 0.6 is 22.6 Å². The molecule has 0 bridgehead atoms. The van der Waals surface area contributed by atoms with Gasteiger partial charge in [-0.2, -0.15) is 0 Å². The maximum absolute atomic E-state index is 6.45. The van der Waals surface area contributed by atoms with E-state index in [1.54, 1.807) is 0 Å². The van der Waals surface area contributed by atoms with Gasteiger partial charge in [-0.3, -0.25) is 0 Å². The molecule has 3 aromatic carbocycles. The van der Waals surface area contributed by atoms with Crippen molar-refractivity contribution in [3.8, 4) is 17.2 Å². The van der Waals surface area contributed by atoms with Crippen molar-refractivity contribution < 1.29 is 13.3 Å². The third-order valence-corrected chi connectivity index (χ3v) is 9.66. The predicted octanol–water partition coefficient (Wildman–Crippen LogP) is 5.92. The molecule has 0 saturated carbocycles. The number of alkyl halides is 1. The minimum Gasteiger partial charge on any atom is -0.483 e. The van der Waals surface area contributed by atoms with E-state index < -0.39 is 8.80 Å². The number of para-hydroxylation sites is 3. The first-order valence-electron chi connectivity index (χ1n) is 8.58. The van der Waals surface area contributed by atoms with Crippen molar-refractivity contribution in [1.82, 2.24) is 0 Å². The van der Waals surface area contributed by atoms with E-state index in [2.05, 4.69) is 29.5 Å². The van der Waals surface area contributed by atoms with Gasteiger partial charge in [-0.25, -0.2) is 0 Å². The molecule has 0 amide bonds. The summed E-state index contributed by atoms with van der Waals surface area (Å²) >= 11 is 2.39. The van der Waals surface area contributed by atoms with E-state index in [1.165, 1.54) is 0 Å². The van der Waals surface area contributed by atoms with E-state index in [0.717, 1.165) is 23.7 Å². The first-order valence-corrected chi connectivity index (χ1v) is 11.6. The summed E-state index contributed by atoms with van der Waals surface area (Å²) in [5, 5.41) is 0. The zero-order valence-corrected chi connectivity index (χ0v) is 17.7. The van der Waals surface area contributed by atoms with Crippen LogP contribution in [0.15, 0.2) is 91.0 Å². The predicted molar refractivity (Wildman–Crippen MR) is 115 cm³/mol. The number of hydrogen-bond acceptors (Lipinski definition) is 3. The van der Waals surface area contributed by atoms with Gasteiger partial charge in [0.2, 0.25) is 0 Å². The lowest BCUT2D eigenvalue weighted by Crippen LogP contribution is -2.62. The second-order valence-electron chi connectivity index (χ2n) is 5.72. The zero-order valence-electron chi connectivity index (χ0n) is 14.5. The van der Waals surface area contributed by atoms with Crippen molar-refractivity contribution in [2.24, 2.45) is 0 Å². The molecule has 3 rings (SSSR count). The van der Waals surface area contributed by atoms with Crippen molar-refractivity contribution in [2.45, 2.75) is 16.9 Å². The zero-order chi connectivity index (χ0) is 18.2. The third-order valence-electron chi connectivity index (χ3n) is 3.75. The lowest BCUT2D eigenvalue weighted by molar-refractivity contribution is 0.259. The van der Waals surface area contributed by atoms with Crippen molar-refractivity contribution in [3.63, 3.8) is 0 Å². The second kappa shape index (κ2) is 9.09. The molecule has 0 heterocycles. The highest BCUT2D eigenvalue weighted by atomic mass is 127. The Labute approximate surface area is 169 Å². The van der Waals surface area contributed by atoms with E-state index in [9.17, 15) is 0 Å². The Hall–Kier alpha value is -1.99. The molecule has 0 N–H and O–H groups in total. The Morgan fingerprint density at radius 3 is 1.23 bits per heavy atom. The molecule has 5 heteroatoms. The smallest absolute Gasteiger partial charge is 0.483 e. The van der Waals surface area contributed by atoms with Crippen molar-refractivity contribution >= 4 is 31.4 Å². The van der Waals surface area contributed by atoms with Gasteiger partial charge in [0.15, 0.2) is 0 Å². The third kappa shape index (κ3) is 4.79. The Morgan fingerprint density at radius 2 is 0.962 bits per heavy atom. The molecule has 1 atom stereocenters. The highest BCUT2D eigenvalue weighted by molar-refractivity contribution is 14.1. The Morgan fingerprint density at radius 1 is 0.654 bits per heavy atom. The van der Waals surface area contributed by atoms with Gasteiger partial charge in [-0.15, -0.1) is 0 Å². The molecule has 0 aliphatic rings. The van der Waals surface area contributed by atoms with E-state index in [-0.39, 0.29) is 3.55 Å². The molecule has 26 heavy (non-hydrogen) atoms. The first-order chi connectivity index (χ1) is 12.7. The first kappa shape index (κ1) is 18.8. The maximum atomic E-state index is 6.45. The van der Waals surface area contributed by atoms with E-state index in [1.807, 2.05) is 91.0 Å². The van der Waals surface area contributed by atoms with Gasteiger partial charge >= 0.3 is 8.80 Å². The van der Waals surface area contributed by atoms with Crippen LogP contribution in [0.3, 0.4) is 0 Å². The molecule has 0 saturated heterocycles. The second-order valence-corrected chi connectivity index (χ2v) is 10.9.